The van der Waals surface area contributed by atoms with Crippen molar-refractivity contribution in [3.8, 4) is 0 Å². The average molecular weight is 329 g/mol. The van der Waals surface area contributed by atoms with E-state index in [1.807, 2.05) is 4.90 Å². The minimum absolute atomic E-state index is 0.126. The van der Waals surface area contributed by atoms with Crippen LogP contribution in [0.1, 0.15) is 39.0 Å². The second kappa shape index (κ2) is 7.01. The van der Waals surface area contributed by atoms with Crippen LogP contribution in [0.5, 0.6) is 0 Å². The molecule has 0 aromatic rings. The zero-order valence-corrected chi connectivity index (χ0v) is 14.1. The second-order valence-electron chi connectivity index (χ2n) is 7.77. The molecule has 3 fully saturated rings. The molecule has 1 N–H and O–H groups in total. The highest BCUT2D eigenvalue weighted by molar-refractivity contribution is 5.82. The first-order valence-electron chi connectivity index (χ1n) is 9.05. The first kappa shape index (κ1) is 17.1. The number of rotatable bonds is 3. The highest BCUT2D eigenvalue weighted by atomic mass is 19.3. The minimum Gasteiger partial charge on any atom is -0.341 e. The van der Waals surface area contributed by atoms with Gasteiger partial charge in [0.05, 0.1) is 12.6 Å². The number of alkyl halides is 2. The largest absolute Gasteiger partial charge is 0.341 e. The van der Waals surface area contributed by atoms with Gasteiger partial charge in [0.2, 0.25) is 5.91 Å². The summed E-state index contributed by atoms with van der Waals surface area (Å²) in [6, 6.07) is -0.695. The van der Waals surface area contributed by atoms with Crippen molar-refractivity contribution in [1.29, 1.82) is 0 Å². The summed E-state index contributed by atoms with van der Waals surface area (Å²) in [5.41, 5.74) is 0. The highest BCUT2D eigenvalue weighted by Gasteiger charge is 2.44. The minimum atomic E-state index is -2.74. The van der Waals surface area contributed by atoms with Crippen LogP contribution < -0.4 is 5.32 Å². The van der Waals surface area contributed by atoms with Gasteiger partial charge in [0.1, 0.15) is 0 Å². The number of likely N-dealkylation sites (tertiary alicyclic amines) is 2. The maximum absolute atomic E-state index is 13.3. The molecule has 23 heavy (non-hydrogen) atoms. The lowest BCUT2D eigenvalue weighted by Crippen LogP contribution is -2.50. The van der Waals surface area contributed by atoms with E-state index < -0.39 is 12.0 Å². The number of hydrogen-bond donors (Lipinski definition) is 1. The highest BCUT2D eigenvalue weighted by Crippen LogP contribution is 2.28. The third-order valence-electron chi connectivity index (χ3n) is 5.63. The third kappa shape index (κ3) is 4.41. The maximum atomic E-state index is 13.3. The average Bonchev–Trinajstić information content (AvgIpc) is 2.89. The summed E-state index contributed by atoms with van der Waals surface area (Å²) in [6.45, 7) is 6.74. The molecule has 0 bridgehead atoms. The quantitative estimate of drug-likeness (QED) is 0.860. The number of halogens is 2. The SMILES string of the molecule is CC1CCN(CC2CCCN(C(=O)C3CC(F)(F)CN3)C2)CC1. The molecule has 2 atom stereocenters. The first-order valence-corrected chi connectivity index (χ1v) is 9.05. The van der Waals surface area contributed by atoms with Gasteiger partial charge >= 0.3 is 0 Å². The molecule has 0 aliphatic carbocycles. The number of amides is 1. The van der Waals surface area contributed by atoms with Crippen molar-refractivity contribution in [1.82, 2.24) is 15.1 Å². The van der Waals surface area contributed by atoms with Gasteiger partial charge in [-0.05, 0) is 50.6 Å². The van der Waals surface area contributed by atoms with E-state index in [1.165, 1.54) is 12.8 Å². The molecule has 4 nitrogen and oxygen atoms in total. The molecule has 0 spiro atoms. The Morgan fingerprint density at radius 3 is 2.61 bits per heavy atom. The Morgan fingerprint density at radius 2 is 1.96 bits per heavy atom. The van der Waals surface area contributed by atoms with Crippen LogP contribution in [0.3, 0.4) is 0 Å². The number of nitrogens with one attached hydrogen (secondary N) is 1. The number of hydrogen-bond acceptors (Lipinski definition) is 3. The van der Waals surface area contributed by atoms with Crippen molar-refractivity contribution >= 4 is 5.91 Å². The molecule has 0 aromatic heterocycles. The maximum Gasteiger partial charge on any atom is 0.262 e. The summed E-state index contributed by atoms with van der Waals surface area (Å²) in [7, 11) is 0. The zero-order chi connectivity index (χ0) is 16.4. The van der Waals surface area contributed by atoms with Gasteiger partial charge in [-0.15, -0.1) is 0 Å². The molecule has 1 amide bonds. The van der Waals surface area contributed by atoms with Crippen LogP contribution >= 0.6 is 0 Å². The predicted octanol–water partition coefficient (Wildman–Crippen LogP) is 1.95. The fourth-order valence-electron chi connectivity index (χ4n) is 4.13. The Kier molecular flexibility index (Phi) is 5.21. The molecule has 0 saturated carbocycles. The summed E-state index contributed by atoms with van der Waals surface area (Å²) < 4.78 is 26.6. The Balaban J connectivity index is 1.49. The van der Waals surface area contributed by atoms with Crippen molar-refractivity contribution in [3.05, 3.63) is 0 Å². The van der Waals surface area contributed by atoms with E-state index in [2.05, 4.69) is 17.1 Å². The standard InChI is InChI=1S/C17H29F2N3O/c1-13-4-7-21(8-5-13)10-14-3-2-6-22(11-14)16(23)15-9-17(18,19)12-20-15/h13-15,20H,2-12H2,1H3. The molecule has 3 aliphatic heterocycles. The topological polar surface area (TPSA) is 35.6 Å². The second-order valence-corrected chi connectivity index (χ2v) is 7.77. The fraction of sp³-hybridized carbons (Fsp3) is 0.941. The van der Waals surface area contributed by atoms with Crippen molar-refractivity contribution in [2.75, 3.05) is 39.3 Å². The third-order valence-corrected chi connectivity index (χ3v) is 5.63. The van der Waals surface area contributed by atoms with Gasteiger partial charge in [-0.2, -0.15) is 0 Å². The number of carbonyl (C=O) groups excluding carboxylic acids is 1. The molecule has 3 saturated heterocycles. The van der Waals surface area contributed by atoms with Crippen LogP contribution in [-0.4, -0.2) is 66.9 Å². The molecule has 0 aromatic carbocycles. The van der Waals surface area contributed by atoms with Crippen LogP contribution in [0.2, 0.25) is 0 Å². The van der Waals surface area contributed by atoms with Crippen LogP contribution in [0.15, 0.2) is 0 Å². The van der Waals surface area contributed by atoms with Crippen molar-refractivity contribution in [2.24, 2.45) is 11.8 Å². The van der Waals surface area contributed by atoms with E-state index in [-0.39, 0.29) is 18.9 Å². The van der Waals surface area contributed by atoms with Gasteiger partial charge in [-0.25, -0.2) is 8.78 Å². The van der Waals surface area contributed by atoms with Crippen molar-refractivity contribution in [3.63, 3.8) is 0 Å². The van der Waals surface area contributed by atoms with Gasteiger partial charge in [-0.3, -0.25) is 10.1 Å². The van der Waals surface area contributed by atoms with E-state index >= 15 is 0 Å². The molecule has 3 heterocycles. The molecule has 3 rings (SSSR count). The summed E-state index contributed by atoms with van der Waals surface area (Å²) in [4.78, 5) is 16.8. The summed E-state index contributed by atoms with van der Waals surface area (Å²) in [6.07, 6.45) is 4.30. The fourth-order valence-corrected chi connectivity index (χ4v) is 4.13. The van der Waals surface area contributed by atoms with Crippen molar-refractivity contribution < 1.29 is 13.6 Å². The first-order chi connectivity index (χ1) is 10.9. The van der Waals surface area contributed by atoms with E-state index in [1.54, 1.807) is 0 Å². The molecule has 132 valence electrons. The van der Waals surface area contributed by atoms with Crippen LogP contribution in [0, 0.1) is 11.8 Å². The van der Waals surface area contributed by atoms with E-state index in [9.17, 15) is 13.6 Å². The molecule has 6 heteroatoms. The van der Waals surface area contributed by atoms with E-state index in [4.69, 9.17) is 0 Å². The summed E-state index contributed by atoms with van der Waals surface area (Å²) >= 11 is 0. The van der Waals surface area contributed by atoms with Crippen LogP contribution in [0.25, 0.3) is 0 Å². The van der Waals surface area contributed by atoms with Gasteiger partial charge in [0, 0.05) is 26.1 Å². The Bertz CT molecular complexity index is 424. The Hall–Kier alpha value is -0.750. The predicted molar refractivity (Wildman–Crippen MR) is 85.5 cm³/mol. The molecular formula is C17H29F2N3O. The van der Waals surface area contributed by atoms with Gasteiger partial charge in [-0.1, -0.05) is 6.92 Å². The lowest BCUT2D eigenvalue weighted by molar-refractivity contribution is -0.135. The normalized spacial score (nSPS) is 33.1. The summed E-state index contributed by atoms with van der Waals surface area (Å²) in [5.74, 6) is -1.55. The van der Waals surface area contributed by atoms with Crippen molar-refractivity contribution in [2.45, 2.75) is 51.0 Å². The van der Waals surface area contributed by atoms with Gasteiger partial charge in [0.25, 0.3) is 5.92 Å². The number of piperidine rings is 2. The van der Waals surface area contributed by atoms with Gasteiger partial charge in [0.15, 0.2) is 0 Å². The molecule has 3 aliphatic rings. The molecule has 2 unspecified atom stereocenters. The lowest BCUT2D eigenvalue weighted by Gasteiger charge is -2.38. The monoisotopic (exact) mass is 329 g/mol. The summed E-state index contributed by atoms with van der Waals surface area (Å²) in [5, 5.41) is 2.69. The molecule has 0 radical (unpaired) electrons. The van der Waals surface area contributed by atoms with E-state index in [0.29, 0.717) is 5.92 Å². The van der Waals surface area contributed by atoms with E-state index in [0.717, 1.165) is 51.5 Å². The van der Waals surface area contributed by atoms with Crippen LogP contribution in [-0.2, 0) is 4.79 Å². The molecular weight excluding hydrogens is 300 g/mol. The van der Waals surface area contributed by atoms with Crippen LogP contribution in [0.4, 0.5) is 8.78 Å². The number of nitrogens with zero attached hydrogens (tertiary/aromatic N) is 2. The Morgan fingerprint density at radius 1 is 1.22 bits per heavy atom. The number of carbonyl (C=O) groups is 1. The Labute approximate surface area is 137 Å². The smallest absolute Gasteiger partial charge is 0.262 e. The van der Waals surface area contributed by atoms with Gasteiger partial charge < -0.3 is 9.80 Å². The lowest BCUT2D eigenvalue weighted by atomic mass is 9.94. The zero-order valence-electron chi connectivity index (χ0n) is 14.1.